The van der Waals surface area contributed by atoms with Crippen LogP contribution in [0.3, 0.4) is 0 Å². The summed E-state index contributed by atoms with van der Waals surface area (Å²) in [5.41, 5.74) is 6.09. The van der Waals surface area contributed by atoms with Gasteiger partial charge < -0.3 is 10.6 Å². The molecule has 0 bridgehead atoms. The van der Waals surface area contributed by atoms with Gasteiger partial charge in [0.25, 0.3) is 0 Å². The molecule has 0 fully saturated rings. The predicted molar refractivity (Wildman–Crippen MR) is 91.2 cm³/mol. The fraction of sp³-hybridized carbons (Fsp3) is 0.389. The van der Waals surface area contributed by atoms with Gasteiger partial charge in [-0.1, -0.05) is 6.07 Å². The van der Waals surface area contributed by atoms with Gasteiger partial charge >= 0.3 is 0 Å². The van der Waals surface area contributed by atoms with Gasteiger partial charge in [-0.25, -0.2) is 0 Å². The minimum atomic E-state index is -1.44. The van der Waals surface area contributed by atoms with Gasteiger partial charge in [0.05, 0.1) is 29.8 Å². The lowest BCUT2D eigenvalue weighted by Crippen LogP contribution is -2.53. The topological polar surface area (TPSA) is 101 Å². The van der Waals surface area contributed by atoms with Crippen LogP contribution < -0.4 is 5.73 Å². The Bertz CT molecular complexity index is 801. The Hall–Kier alpha value is -2.59. The average Bonchev–Trinajstić information content (AvgIpc) is 3.14. The molecule has 3 rings (SSSR count). The average molecular weight is 335 g/mol. The van der Waals surface area contributed by atoms with Crippen LogP contribution in [0.25, 0.3) is 0 Å². The van der Waals surface area contributed by atoms with Crippen LogP contribution >= 0.6 is 11.3 Å². The Labute approximate surface area is 145 Å². The third-order valence-electron chi connectivity index (χ3n) is 5.05. The van der Waals surface area contributed by atoms with E-state index in [1.807, 2.05) is 29.8 Å². The number of hydrogen-bond donors (Lipinski definition) is 1. The molecule has 0 radical (unpaired) electrons. The second-order valence-electron chi connectivity index (χ2n) is 6.05. The Morgan fingerprint density at radius 2 is 2.12 bits per heavy atom. The van der Waals surface area contributed by atoms with Crippen LogP contribution in [0, 0.1) is 45.3 Å². The molecule has 1 aliphatic carbocycles. The molecule has 1 aromatic heterocycles. The van der Waals surface area contributed by atoms with Crippen molar-refractivity contribution in [3.05, 3.63) is 45.8 Å². The first-order chi connectivity index (χ1) is 11.6. The molecular weight excluding hydrogens is 318 g/mol. The number of thiophene rings is 1. The summed E-state index contributed by atoms with van der Waals surface area (Å²) in [5.74, 6) is -0.434. The molecule has 5 nitrogen and oxygen atoms in total. The van der Waals surface area contributed by atoms with E-state index in [0.29, 0.717) is 12.1 Å². The number of nitriles is 3. The lowest BCUT2D eigenvalue weighted by atomic mass is 9.57. The van der Waals surface area contributed by atoms with Crippen LogP contribution in [0.2, 0.25) is 0 Å². The highest BCUT2D eigenvalue weighted by atomic mass is 32.1. The summed E-state index contributed by atoms with van der Waals surface area (Å²) in [4.78, 5) is 3.11. The fourth-order valence-corrected chi connectivity index (χ4v) is 4.74. The summed E-state index contributed by atoms with van der Waals surface area (Å²) in [6.07, 6.45) is 3.89. The highest BCUT2D eigenvalue weighted by Gasteiger charge is 2.56. The molecule has 2 heterocycles. The molecule has 0 aromatic carbocycles. The van der Waals surface area contributed by atoms with Gasteiger partial charge in [0.1, 0.15) is 0 Å². The zero-order valence-corrected chi connectivity index (χ0v) is 14.1. The lowest BCUT2D eigenvalue weighted by Gasteiger charge is -2.46. The van der Waals surface area contributed by atoms with Gasteiger partial charge in [-0.15, -0.1) is 11.3 Å². The predicted octanol–water partition coefficient (Wildman–Crippen LogP) is 2.49. The maximum atomic E-state index is 9.90. The molecule has 0 saturated heterocycles. The molecule has 0 unspecified atom stereocenters. The Morgan fingerprint density at radius 1 is 1.38 bits per heavy atom. The minimum Gasteiger partial charge on any atom is -0.377 e. The van der Waals surface area contributed by atoms with Crippen LogP contribution in [-0.2, 0) is 0 Å². The number of allylic oxidation sites excluding steroid dienone is 1. The summed E-state index contributed by atoms with van der Waals surface area (Å²) in [6, 6.07) is 9.48. The molecule has 0 amide bonds. The molecule has 6 heteroatoms. The molecule has 0 saturated carbocycles. The first kappa shape index (κ1) is 16.3. The van der Waals surface area contributed by atoms with Crippen molar-refractivity contribution in [1.82, 2.24) is 4.90 Å². The van der Waals surface area contributed by atoms with E-state index in [4.69, 9.17) is 5.73 Å². The zero-order valence-electron chi connectivity index (χ0n) is 13.3. The SMILES string of the molecule is CCN1C=CC2=C(C#N)[C@H](N)C(C#N)(C#N)[C@@H](c3cccs3)[C@H]2C1. The van der Waals surface area contributed by atoms with Crippen molar-refractivity contribution in [2.45, 2.75) is 18.9 Å². The van der Waals surface area contributed by atoms with Gasteiger partial charge in [-0.3, -0.25) is 0 Å². The number of rotatable bonds is 2. The van der Waals surface area contributed by atoms with Crippen molar-refractivity contribution in [2.75, 3.05) is 13.1 Å². The van der Waals surface area contributed by atoms with Gasteiger partial charge in [0, 0.05) is 29.8 Å². The van der Waals surface area contributed by atoms with Gasteiger partial charge in [-0.05, 0) is 36.2 Å². The van der Waals surface area contributed by atoms with E-state index in [1.165, 1.54) is 11.3 Å². The van der Waals surface area contributed by atoms with Crippen molar-refractivity contribution in [2.24, 2.45) is 17.1 Å². The molecule has 2 aliphatic rings. The second kappa shape index (κ2) is 6.13. The van der Waals surface area contributed by atoms with E-state index in [1.54, 1.807) is 0 Å². The monoisotopic (exact) mass is 335 g/mol. The molecule has 2 N–H and O–H groups in total. The second-order valence-corrected chi connectivity index (χ2v) is 7.03. The maximum Gasteiger partial charge on any atom is 0.171 e. The third kappa shape index (κ3) is 2.14. The van der Waals surface area contributed by atoms with Crippen molar-refractivity contribution >= 4 is 11.3 Å². The van der Waals surface area contributed by atoms with Crippen molar-refractivity contribution in [1.29, 1.82) is 15.8 Å². The maximum absolute atomic E-state index is 9.90. The molecule has 1 aliphatic heterocycles. The summed E-state index contributed by atoms with van der Waals surface area (Å²) in [6.45, 7) is 3.56. The molecule has 120 valence electrons. The van der Waals surface area contributed by atoms with Crippen LogP contribution in [0.4, 0.5) is 0 Å². The van der Waals surface area contributed by atoms with Gasteiger partial charge in [-0.2, -0.15) is 15.8 Å². The van der Waals surface area contributed by atoms with Crippen molar-refractivity contribution < 1.29 is 0 Å². The molecule has 1 aromatic rings. The Kier molecular flexibility index (Phi) is 4.16. The number of nitrogens with two attached hydrogens (primary N) is 1. The number of hydrogen-bond acceptors (Lipinski definition) is 6. The molecule has 24 heavy (non-hydrogen) atoms. The van der Waals surface area contributed by atoms with Gasteiger partial charge in [0.2, 0.25) is 0 Å². The van der Waals surface area contributed by atoms with E-state index in [9.17, 15) is 15.8 Å². The largest absolute Gasteiger partial charge is 0.377 e. The first-order valence-electron chi connectivity index (χ1n) is 7.80. The van der Waals surface area contributed by atoms with Crippen LogP contribution in [0.5, 0.6) is 0 Å². The van der Waals surface area contributed by atoms with Crippen LogP contribution in [0.15, 0.2) is 40.9 Å². The highest BCUT2D eigenvalue weighted by molar-refractivity contribution is 7.10. The summed E-state index contributed by atoms with van der Waals surface area (Å²) >= 11 is 1.53. The first-order valence-corrected chi connectivity index (χ1v) is 8.68. The standard InChI is InChI=1S/C18H17N5S/c1-2-23-6-5-12-13(8-19)17(22)18(10-20,11-21)16(14(12)9-23)15-4-3-7-24-15/h3-7,14,16-17H,2,9,22H2,1H3/t14-,16+,17-/m0/s1. The highest BCUT2D eigenvalue weighted by Crippen LogP contribution is 2.53. The van der Waals surface area contributed by atoms with E-state index in [0.717, 1.165) is 17.0 Å². The number of fused-ring (bicyclic) bond motifs is 1. The molecule has 0 spiro atoms. The van der Waals surface area contributed by atoms with E-state index < -0.39 is 11.5 Å². The van der Waals surface area contributed by atoms with E-state index in [2.05, 4.69) is 30.0 Å². The number of nitrogens with zero attached hydrogens (tertiary/aromatic N) is 4. The summed E-state index contributed by atoms with van der Waals surface area (Å²) < 4.78 is 0. The van der Waals surface area contributed by atoms with Crippen molar-refractivity contribution in [3.63, 3.8) is 0 Å². The van der Waals surface area contributed by atoms with Gasteiger partial charge in [0.15, 0.2) is 5.41 Å². The van der Waals surface area contributed by atoms with Crippen molar-refractivity contribution in [3.8, 4) is 18.2 Å². The quantitative estimate of drug-likeness (QED) is 0.895. The smallest absolute Gasteiger partial charge is 0.171 e. The summed E-state index contributed by atoms with van der Waals surface area (Å²) in [7, 11) is 0. The normalized spacial score (nSPS) is 27.8. The van der Waals surface area contributed by atoms with Crippen LogP contribution in [-0.4, -0.2) is 24.0 Å². The summed E-state index contributed by atoms with van der Waals surface area (Å²) in [5, 5.41) is 31.3. The van der Waals surface area contributed by atoms with E-state index >= 15 is 0 Å². The Balaban J connectivity index is 2.28. The van der Waals surface area contributed by atoms with Crippen LogP contribution in [0.1, 0.15) is 17.7 Å². The third-order valence-corrected chi connectivity index (χ3v) is 6.00. The Morgan fingerprint density at radius 3 is 2.67 bits per heavy atom. The lowest BCUT2D eigenvalue weighted by molar-refractivity contribution is 0.221. The fourth-order valence-electron chi connectivity index (χ4n) is 3.78. The molecular formula is C18H17N5S. The molecule has 3 atom stereocenters. The van der Waals surface area contributed by atoms with E-state index in [-0.39, 0.29) is 11.8 Å². The zero-order chi connectivity index (χ0) is 17.3. The minimum absolute atomic E-state index is 0.0950.